The third-order valence-electron chi connectivity index (χ3n) is 5.21. The molecule has 0 aliphatic heterocycles. The summed E-state index contributed by atoms with van der Waals surface area (Å²) in [6, 6.07) is 21.9. The zero-order valence-corrected chi connectivity index (χ0v) is 19.6. The zero-order chi connectivity index (χ0) is 23.8. The molecule has 1 atom stereocenters. The predicted molar refractivity (Wildman–Crippen MR) is 129 cm³/mol. The topological polar surface area (TPSA) is 49.4 Å². The summed E-state index contributed by atoms with van der Waals surface area (Å²) in [4.78, 5) is 28.4. The first kappa shape index (κ1) is 24.5. The van der Waals surface area contributed by atoms with Crippen LogP contribution in [0.4, 0.5) is 4.39 Å². The summed E-state index contributed by atoms with van der Waals surface area (Å²) in [7, 11) is 0. The van der Waals surface area contributed by atoms with Crippen molar-refractivity contribution in [3.63, 3.8) is 0 Å². The molecule has 0 heterocycles. The lowest BCUT2D eigenvalue weighted by atomic mass is 10.0. The molecule has 0 aliphatic rings. The van der Waals surface area contributed by atoms with Crippen molar-refractivity contribution < 1.29 is 14.0 Å². The Morgan fingerprint density at radius 2 is 1.58 bits per heavy atom. The number of halogens is 2. The summed E-state index contributed by atoms with van der Waals surface area (Å²) in [6.45, 7) is 3.95. The van der Waals surface area contributed by atoms with Gasteiger partial charge >= 0.3 is 0 Å². The number of nitrogens with zero attached hydrogens (tertiary/aromatic N) is 1. The van der Waals surface area contributed by atoms with Gasteiger partial charge < -0.3 is 10.2 Å². The van der Waals surface area contributed by atoms with Gasteiger partial charge in [0.15, 0.2) is 0 Å². The molecule has 1 unspecified atom stereocenters. The van der Waals surface area contributed by atoms with Crippen LogP contribution in [0.15, 0.2) is 78.9 Å². The molecule has 2 amide bonds. The fraction of sp³-hybridized carbons (Fsp3) is 0.259. The third-order valence-corrected chi connectivity index (χ3v) is 5.45. The van der Waals surface area contributed by atoms with Crippen molar-refractivity contribution in [2.75, 3.05) is 0 Å². The van der Waals surface area contributed by atoms with Gasteiger partial charge in [0.25, 0.3) is 0 Å². The monoisotopic (exact) mass is 466 g/mol. The molecule has 4 nitrogen and oxygen atoms in total. The molecular weight excluding hydrogens is 439 g/mol. The van der Waals surface area contributed by atoms with Crippen molar-refractivity contribution in [2.45, 2.75) is 45.3 Å². The van der Waals surface area contributed by atoms with E-state index in [1.807, 2.05) is 50.2 Å². The Balaban J connectivity index is 1.96. The van der Waals surface area contributed by atoms with Gasteiger partial charge in [0.05, 0.1) is 6.42 Å². The molecule has 0 radical (unpaired) electrons. The first-order valence-corrected chi connectivity index (χ1v) is 11.3. The molecule has 0 spiro atoms. The lowest BCUT2D eigenvalue weighted by Gasteiger charge is -2.32. The minimum absolute atomic E-state index is 0.0773. The number of nitrogens with one attached hydrogen (secondary N) is 1. The van der Waals surface area contributed by atoms with Crippen LogP contribution in [0.25, 0.3) is 0 Å². The van der Waals surface area contributed by atoms with E-state index in [2.05, 4.69) is 5.32 Å². The van der Waals surface area contributed by atoms with Crippen LogP contribution in [0, 0.1) is 5.82 Å². The number of carbonyl (C=O) groups is 2. The van der Waals surface area contributed by atoms with E-state index in [0.29, 0.717) is 11.4 Å². The van der Waals surface area contributed by atoms with Gasteiger partial charge in [-0.1, -0.05) is 66.2 Å². The van der Waals surface area contributed by atoms with Crippen molar-refractivity contribution in [3.8, 4) is 0 Å². The molecular formula is C27H28ClFN2O2. The molecule has 0 aromatic heterocycles. The van der Waals surface area contributed by atoms with Crippen molar-refractivity contribution in [2.24, 2.45) is 0 Å². The molecule has 3 aromatic rings. The number of hydrogen-bond donors (Lipinski definition) is 1. The summed E-state index contributed by atoms with van der Waals surface area (Å²) in [5.41, 5.74) is 2.45. The summed E-state index contributed by atoms with van der Waals surface area (Å²) >= 11 is 6.11. The minimum Gasteiger partial charge on any atom is -0.352 e. The minimum atomic E-state index is -0.730. The highest BCUT2D eigenvalue weighted by molar-refractivity contribution is 6.30. The number of rotatable bonds is 9. The summed E-state index contributed by atoms with van der Waals surface area (Å²) < 4.78 is 13.5. The Bertz CT molecular complexity index is 1070. The van der Waals surface area contributed by atoms with Crippen LogP contribution < -0.4 is 5.32 Å². The van der Waals surface area contributed by atoms with E-state index in [1.54, 1.807) is 35.2 Å². The van der Waals surface area contributed by atoms with E-state index in [9.17, 15) is 14.0 Å². The average Bonchev–Trinajstić information content (AvgIpc) is 2.77. The van der Waals surface area contributed by atoms with Crippen LogP contribution in [-0.4, -0.2) is 28.8 Å². The van der Waals surface area contributed by atoms with E-state index in [1.165, 1.54) is 12.1 Å². The molecule has 33 heavy (non-hydrogen) atoms. The highest BCUT2D eigenvalue weighted by Crippen LogP contribution is 2.18. The van der Waals surface area contributed by atoms with Gasteiger partial charge in [0, 0.05) is 24.0 Å². The molecule has 0 bridgehead atoms. The van der Waals surface area contributed by atoms with E-state index < -0.39 is 6.04 Å². The van der Waals surface area contributed by atoms with Crippen molar-refractivity contribution >= 4 is 23.4 Å². The maximum Gasteiger partial charge on any atom is 0.243 e. The van der Waals surface area contributed by atoms with Crippen LogP contribution in [0.3, 0.4) is 0 Å². The van der Waals surface area contributed by atoms with Gasteiger partial charge in [-0.25, -0.2) is 4.39 Å². The Morgan fingerprint density at radius 1 is 0.909 bits per heavy atom. The van der Waals surface area contributed by atoms with Crippen LogP contribution >= 0.6 is 11.6 Å². The van der Waals surface area contributed by atoms with Crippen LogP contribution in [-0.2, 0) is 29.0 Å². The number of carbonyl (C=O) groups excluding carboxylic acids is 2. The smallest absolute Gasteiger partial charge is 0.243 e. The van der Waals surface area contributed by atoms with E-state index in [0.717, 1.165) is 16.7 Å². The molecule has 172 valence electrons. The number of amides is 2. The molecule has 6 heteroatoms. The lowest BCUT2D eigenvalue weighted by Crippen LogP contribution is -2.52. The Labute approximate surface area is 199 Å². The molecule has 3 rings (SSSR count). The molecule has 0 aliphatic carbocycles. The number of benzene rings is 3. The molecule has 3 aromatic carbocycles. The average molecular weight is 467 g/mol. The van der Waals surface area contributed by atoms with Gasteiger partial charge in [0.2, 0.25) is 11.8 Å². The van der Waals surface area contributed by atoms with Crippen molar-refractivity contribution in [1.29, 1.82) is 0 Å². The van der Waals surface area contributed by atoms with E-state index in [-0.39, 0.29) is 36.6 Å². The second kappa shape index (κ2) is 11.6. The fourth-order valence-corrected chi connectivity index (χ4v) is 3.86. The fourth-order valence-electron chi connectivity index (χ4n) is 3.64. The van der Waals surface area contributed by atoms with Gasteiger partial charge in [-0.3, -0.25) is 9.59 Å². The summed E-state index contributed by atoms with van der Waals surface area (Å²) in [5.74, 6) is -0.786. The molecule has 0 saturated carbocycles. The zero-order valence-electron chi connectivity index (χ0n) is 18.8. The summed E-state index contributed by atoms with van der Waals surface area (Å²) in [6.07, 6.45) is 0.462. The van der Waals surface area contributed by atoms with Crippen molar-refractivity contribution in [1.82, 2.24) is 10.2 Å². The first-order valence-electron chi connectivity index (χ1n) is 10.9. The predicted octanol–water partition coefficient (Wildman–Crippen LogP) is 5.19. The normalized spacial score (nSPS) is 11.8. The van der Waals surface area contributed by atoms with Gasteiger partial charge in [-0.2, -0.15) is 0 Å². The van der Waals surface area contributed by atoms with Crippen molar-refractivity contribution in [3.05, 3.63) is 106 Å². The van der Waals surface area contributed by atoms with Crippen LogP contribution in [0.2, 0.25) is 5.02 Å². The Kier molecular flexibility index (Phi) is 8.61. The van der Waals surface area contributed by atoms with Crippen LogP contribution in [0.1, 0.15) is 30.5 Å². The first-order chi connectivity index (χ1) is 15.8. The second-order valence-corrected chi connectivity index (χ2v) is 8.76. The highest BCUT2D eigenvalue weighted by Gasteiger charge is 2.30. The molecule has 0 fully saturated rings. The van der Waals surface area contributed by atoms with Crippen LogP contribution in [0.5, 0.6) is 0 Å². The van der Waals surface area contributed by atoms with Gasteiger partial charge in [0.1, 0.15) is 11.9 Å². The standard InChI is InChI=1S/C27H28ClFN2O2/c1-19(2)30-27(33)25(16-20-7-4-3-5-8-20)31(18-21-11-13-24(29)14-12-21)26(32)17-22-9-6-10-23(28)15-22/h3-15,19,25H,16-18H2,1-2H3,(H,30,33). The SMILES string of the molecule is CC(C)NC(=O)C(Cc1ccccc1)N(Cc1ccc(F)cc1)C(=O)Cc1cccc(Cl)c1. The maximum absolute atomic E-state index is 13.5. The Morgan fingerprint density at radius 3 is 2.21 bits per heavy atom. The van der Waals surface area contributed by atoms with E-state index >= 15 is 0 Å². The number of hydrogen-bond acceptors (Lipinski definition) is 2. The highest BCUT2D eigenvalue weighted by atomic mass is 35.5. The molecule has 1 N–H and O–H groups in total. The lowest BCUT2D eigenvalue weighted by molar-refractivity contribution is -0.141. The second-order valence-electron chi connectivity index (χ2n) is 8.32. The molecule has 0 saturated heterocycles. The van der Waals surface area contributed by atoms with Gasteiger partial charge in [-0.05, 0) is 54.8 Å². The maximum atomic E-state index is 13.5. The largest absolute Gasteiger partial charge is 0.352 e. The van der Waals surface area contributed by atoms with E-state index in [4.69, 9.17) is 11.6 Å². The van der Waals surface area contributed by atoms with Gasteiger partial charge in [-0.15, -0.1) is 0 Å². The third kappa shape index (κ3) is 7.43. The Hall–Kier alpha value is -3.18. The quantitative estimate of drug-likeness (QED) is 0.472. The summed E-state index contributed by atoms with van der Waals surface area (Å²) in [5, 5.41) is 3.50.